The van der Waals surface area contributed by atoms with E-state index < -0.39 is 11.6 Å². The van der Waals surface area contributed by atoms with Gasteiger partial charge in [-0.1, -0.05) is 12.1 Å². The molecule has 26 heavy (non-hydrogen) atoms. The maximum atomic E-state index is 13.0. The van der Waals surface area contributed by atoms with Crippen molar-refractivity contribution < 1.29 is 9.59 Å². The second-order valence-electron chi connectivity index (χ2n) is 8.00. The third kappa shape index (κ3) is 3.34. The lowest BCUT2D eigenvalue weighted by atomic mass is 9.92. The van der Waals surface area contributed by atoms with Gasteiger partial charge in [0.05, 0.1) is 11.2 Å². The Morgan fingerprint density at radius 3 is 2.46 bits per heavy atom. The molecule has 0 aliphatic carbocycles. The summed E-state index contributed by atoms with van der Waals surface area (Å²) < 4.78 is 0. The van der Waals surface area contributed by atoms with E-state index in [0.29, 0.717) is 0 Å². The van der Waals surface area contributed by atoms with E-state index in [2.05, 4.69) is 5.32 Å². The number of pyridine rings is 1. The highest BCUT2D eigenvalue weighted by molar-refractivity contribution is 5.94. The first-order valence-electron chi connectivity index (χ1n) is 8.78. The van der Waals surface area contributed by atoms with E-state index in [1.165, 1.54) is 11.8 Å². The molecule has 2 heterocycles. The highest BCUT2D eigenvalue weighted by atomic mass is 16.2. The summed E-state index contributed by atoms with van der Waals surface area (Å²) in [6.07, 6.45) is 1.73. The Kier molecular flexibility index (Phi) is 4.34. The number of aromatic nitrogens is 1. The summed E-state index contributed by atoms with van der Waals surface area (Å²) in [5, 5.41) is 3.96. The van der Waals surface area contributed by atoms with Gasteiger partial charge in [-0.05, 0) is 57.9 Å². The molecule has 0 spiro atoms. The van der Waals surface area contributed by atoms with Crippen LogP contribution in [-0.2, 0) is 9.59 Å². The predicted molar refractivity (Wildman–Crippen MR) is 103 cm³/mol. The third-order valence-electron chi connectivity index (χ3n) is 4.39. The minimum atomic E-state index is -0.719. The standard InChI is InChI=1S/C21H25N3O2/c1-12-7-8-15-10-16-18(22-17(15)9-12)13(2)11-24(14(3)25)19(16)20(26)23-21(4,5)6/h7-11,19H,1-6H3,(H,23,26). The lowest BCUT2D eigenvalue weighted by Gasteiger charge is -2.35. The number of carbonyl (C=O) groups excluding carboxylic acids is 2. The van der Waals surface area contributed by atoms with Crippen LogP contribution in [0.15, 0.2) is 30.5 Å². The topological polar surface area (TPSA) is 62.3 Å². The van der Waals surface area contributed by atoms with Crippen molar-refractivity contribution >= 4 is 28.3 Å². The number of fused-ring (bicyclic) bond motifs is 2. The SMILES string of the molecule is CC(=O)N1C=C(C)c2nc3cc(C)ccc3cc2C1C(=O)NC(C)(C)C. The molecule has 0 bridgehead atoms. The zero-order chi connectivity index (χ0) is 19.2. The van der Waals surface area contributed by atoms with E-state index in [1.807, 2.05) is 58.9 Å². The number of aryl methyl sites for hydroxylation is 1. The zero-order valence-corrected chi connectivity index (χ0v) is 16.2. The van der Waals surface area contributed by atoms with Crippen LogP contribution in [-0.4, -0.2) is 27.2 Å². The van der Waals surface area contributed by atoms with Gasteiger partial charge in [0, 0.05) is 29.6 Å². The number of nitrogens with zero attached hydrogens (tertiary/aromatic N) is 2. The molecule has 136 valence electrons. The van der Waals surface area contributed by atoms with Crippen molar-refractivity contribution in [1.82, 2.24) is 15.2 Å². The minimum Gasteiger partial charge on any atom is -0.349 e. The van der Waals surface area contributed by atoms with Crippen molar-refractivity contribution in [3.63, 3.8) is 0 Å². The van der Waals surface area contributed by atoms with Crippen molar-refractivity contribution in [2.75, 3.05) is 0 Å². The first-order valence-corrected chi connectivity index (χ1v) is 8.78. The number of hydrogen-bond acceptors (Lipinski definition) is 3. The molecule has 5 nitrogen and oxygen atoms in total. The molecule has 0 saturated heterocycles. The Labute approximate surface area is 154 Å². The van der Waals surface area contributed by atoms with Crippen molar-refractivity contribution in [2.24, 2.45) is 0 Å². The molecule has 3 rings (SSSR count). The summed E-state index contributed by atoms with van der Waals surface area (Å²) in [6.45, 7) is 11.2. The van der Waals surface area contributed by atoms with Crippen LogP contribution in [0.1, 0.15) is 57.5 Å². The van der Waals surface area contributed by atoms with Crippen molar-refractivity contribution in [3.8, 4) is 0 Å². The van der Waals surface area contributed by atoms with Crippen LogP contribution >= 0.6 is 0 Å². The predicted octanol–water partition coefficient (Wildman–Crippen LogP) is 3.72. The lowest BCUT2D eigenvalue weighted by Crippen LogP contribution is -2.48. The normalized spacial score (nSPS) is 16.9. The van der Waals surface area contributed by atoms with E-state index >= 15 is 0 Å². The Balaban J connectivity index is 2.21. The van der Waals surface area contributed by atoms with Crippen LogP contribution in [0.25, 0.3) is 16.5 Å². The zero-order valence-electron chi connectivity index (χ0n) is 16.2. The highest BCUT2D eigenvalue weighted by Gasteiger charge is 2.36. The van der Waals surface area contributed by atoms with Crippen LogP contribution in [0, 0.1) is 6.92 Å². The summed E-state index contributed by atoms with van der Waals surface area (Å²) >= 11 is 0. The molecule has 0 radical (unpaired) electrons. The molecule has 0 saturated carbocycles. The van der Waals surface area contributed by atoms with Gasteiger partial charge in [-0.3, -0.25) is 9.59 Å². The molecular weight excluding hydrogens is 326 g/mol. The van der Waals surface area contributed by atoms with Gasteiger partial charge < -0.3 is 10.2 Å². The molecule has 2 aromatic rings. The van der Waals surface area contributed by atoms with Gasteiger partial charge in [0.25, 0.3) is 0 Å². The average molecular weight is 351 g/mol. The Hall–Kier alpha value is -2.69. The van der Waals surface area contributed by atoms with Crippen LogP contribution < -0.4 is 5.32 Å². The van der Waals surface area contributed by atoms with Crippen molar-refractivity contribution in [2.45, 2.75) is 53.1 Å². The van der Waals surface area contributed by atoms with Gasteiger partial charge >= 0.3 is 0 Å². The number of benzene rings is 1. The van der Waals surface area contributed by atoms with Gasteiger partial charge in [0.15, 0.2) is 0 Å². The van der Waals surface area contributed by atoms with Crippen LogP contribution in [0.3, 0.4) is 0 Å². The van der Waals surface area contributed by atoms with Gasteiger partial charge in [0.1, 0.15) is 6.04 Å². The molecule has 1 atom stereocenters. The van der Waals surface area contributed by atoms with E-state index in [-0.39, 0.29) is 11.8 Å². The fourth-order valence-corrected chi connectivity index (χ4v) is 3.29. The summed E-state index contributed by atoms with van der Waals surface area (Å²) in [4.78, 5) is 31.5. The summed E-state index contributed by atoms with van der Waals surface area (Å²) in [5.74, 6) is -0.376. The summed E-state index contributed by atoms with van der Waals surface area (Å²) in [6, 6.07) is 7.32. The quantitative estimate of drug-likeness (QED) is 0.852. The number of amides is 2. The molecular formula is C21H25N3O2. The number of nitrogens with one attached hydrogen (secondary N) is 1. The molecule has 1 N–H and O–H groups in total. The molecule has 2 amide bonds. The minimum absolute atomic E-state index is 0.173. The maximum Gasteiger partial charge on any atom is 0.248 e. The van der Waals surface area contributed by atoms with E-state index in [4.69, 9.17) is 4.98 Å². The molecule has 1 aliphatic rings. The van der Waals surface area contributed by atoms with Crippen molar-refractivity contribution in [3.05, 3.63) is 47.3 Å². The molecule has 1 aromatic heterocycles. The van der Waals surface area contributed by atoms with Crippen LogP contribution in [0.4, 0.5) is 0 Å². The largest absolute Gasteiger partial charge is 0.349 e. The number of rotatable bonds is 1. The fourth-order valence-electron chi connectivity index (χ4n) is 3.29. The monoisotopic (exact) mass is 351 g/mol. The molecule has 1 unspecified atom stereocenters. The second kappa shape index (κ2) is 6.24. The second-order valence-corrected chi connectivity index (χ2v) is 8.00. The first kappa shape index (κ1) is 18.1. The molecule has 0 fully saturated rings. The summed E-state index contributed by atoms with van der Waals surface area (Å²) in [5.41, 5.74) is 4.04. The lowest BCUT2D eigenvalue weighted by molar-refractivity contribution is -0.137. The van der Waals surface area contributed by atoms with Gasteiger partial charge in [0.2, 0.25) is 11.8 Å². The maximum absolute atomic E-state index is 13.0. The van der Waals surface area contributed by atoms with Gasteiger partial charge in [-0.15, -0.1) is 0 Å². The third-order valence-corrected chi connectivity index (χ3v) is 4.39. The summed E-state index contributed by atoms with van der Waals surface area (Å²) in [7, 11) is 0. The average Bonchev–Trinajstić information content (AvgIpc) is 2.51. The first-order chi connectivity index (χ1) is 12.1. The Bertz CT molecular complexity index is 938. The number of allylic oxidation sites excluding steroid dienone is 1. The van der Waals surface area contributed by atoms with Gasteiger partial charge in [-0.2, -0.15) is 0 Å². The van der Waals surface area contributed by atoms with E-state index in [9.17, 15) is 9.59 Å². The number of hydrogen-bond donors (Lipinski definition) is 1. The Morgan fingerprint density at radius 2 is 1.85 bits per heavy atom. The molecule has 1 aliphatic heterocycles. The molecule has 5 heteroatoms. The van der Waals surface area contributed by atoms with E-state index in [0.717, 1.165) is 33.3 Å². The van der Waals surface area contributed by atoms with Crippen LogP contribution in [0.5, 0.6) is 0 Å². The highest BCUT2D eigenvalue weighted by Crippen LogP contribution is 2.36. The number of carbonyl (C=O) groups is 2. The van der Waals surface area contributed by atoms with Gasteiger partial charge in [-0.25, -0.2) is 4.98 Å². The smallest absolute Gasteiger partial charge is 0.248 e. The Morgan fingerprint density at radius 1 is 1.15 bits per heavy atom. The van der Waals surface area contributed by atoms with Crippen molar-refractivity contribution in [1.29, 1.82) is 0 Å². The van der Waals surface area contributed by atoms with Crippen LogP contribution in [0.2, 0.25) is 0 Å². The van der Waals surface area contributed by atoms with E-state index in [1.54, 1.807) is 6.20 Å². The fraction of sp³-hybridized carbons (Fsp3) is 0.381. The molecule has 1 aromatic carbocycles.